The van der Waals surface area contributed by atoms with Crippen LogP contribution >= 0.6 is 0 Å². The molecule has 0 spiro atoms. The Hall–Kier alpha value is -1.83. The van der Waals surface area contributed by atoms with E-state index in [9.17, 15) is 19.5 Å². The molecule has 1 saturated carbocycles. The number of carboxylic acids is 1. The summed E-state index contributed by atoms with van der Waals surface area (Å²) < 4.78 is 5.27. The van der Waals surface area contributed by atoms with Crippen molar-refractivity contribution >= 4 is 17.9 Å². The number of amides is 3. The first-order valence-corrected chi connectivity index (χ1v) is 7.08. The molecule has 0 aromatic heterocycles. The van der Waals surface area contributed by atoms with Crippen molar-refractivity contribution in [2.24, 2.45) is 23.0 Å². The van der Waals surface area contributed by atoms with Gasteiger partial charge in [0, 0.05) is 31.0 Å². The number of primary amides is 1. The zero-order valence-electron chi connectivity index (χ0n) is 11.6. The number of fused-ring (bicyclic) bond motifs is 1. The fourth-order valence-electron chi connectivity index (χ4n) is 3.43. The van der Waals surface area contributed by atoms with Crippen LogP contribution in [0.5, 0.6) is 0 Å². The fourth-order valence-corrected chi connectivity index (χ4v) is 3.43. The van der Waals surface area contributed by atoms with Gasteiger partial charge < -0.3 is 25.8 Å². The lowest BCUT2D eigenvalue weighted by molar-refractivity contribution is -0.149. The molecule has 2 heterocycles. The Kier molecular flexibility index (Phi) is 3.27. The highest BCUT2D eigenvalue weighted by molar-refractivity contribution is 5.81. The van der Waals surface area contributed by atoms with Gasteiger partial charge in [-0.15, -0.1) is 0 Å². The molecule has 4 N–H and O–H groups in total. The molecule has 3 amide bonds. The maximum Gasteiger partial charge on any atom is 0.317 e. The number of carboxylic acid groups (broad SMARTS) is 1. The molecular weight excluding hydrogens is 278 g/mol. The van der Waals surface area contributed by atoms with Gasteiger partial charge in [-0.1, -0.05) is 0 Å². The minimum atomic E-state index is -0.966. The molecule has 2 aliphatic heterocycles. The number of carbonyl (C=O) groups excluding carboxylic acids is 2. The molecule has 3 fully saturated rings. The van der Waals surface area contributed by atoms with Gasteiger partial charge in [-0.2, -0.15) is 0 Å². The molecule has 2 saturated heterocycles. The number of hydrogen-bond donors (Lipinski definition) is 3. The summed E-state index contributed by atoms with van der Waals surface area (Å²) in [6.07, 6.45) is 1.12. The van der Waals surface area contributed by atoms with Crippen molar-refractivity contribution in [3.8, 4) is 0 Å². The summed E-state index contributed by atoms with van der Waals surface area (Å²) in [7, 11) is 0. The summed E-state index contributed by atoms with van der Waals surface area (Å²) in [4.78, 5) is 36.2. The van der Waals surface area contributed by atoms with Crippen molar-refractivity contribution in [3.63, 3.8) is 0 Å². The van der Waals surface area contributed by atoms with Gasteiger partial charge >= 0.3 is 12.0 Å². The van der Waals surface area contributed by atoms with Gasteiger partial charge in [-0.05, 0) is 12.8 Å². The van der Waals surface area contributed by atoms with E-state index >= 15 is 0 Å². The molecule has 3 aliphatic rings. The van der Waals surface area contributed by atoms with Crippen LogP contribution in [0.2, 0.25) is 0 Å². The standard InChI is InChI=1S/C13H19N3O5/c14-10(17)7-1-9(2-7)15-12(20)16-3-8-4-21-6-13(8,5-16)11(18)19/h7-9H,1-6H2,(H2,14,17)(H,15,20)(H,18,19)/t7?,8-,9?,13-/m1/s1. The van der Waals surface area contributed by atoms with Gasteiger partial charge in [0.1, 0.15) is 5.41 Å². The number of nitrogens with zero attached hydrogens (tertiary/aromatic N) is 1. The number of nitrogens with one attached hydrogen (secondary N) is 1. The molecule has 8 nitrogen and oxygen atoms in total. The summed E-state index contributed by atoms with van der Waals surface area (Å²) in [6.45, 7) is 1.10. The van der Waals surface area contributed by atoms with E-state index in [1.807, 2.05) is 0 Å². The topological polar surface area (TPSA) is 122 Å². The summed E-state index contributed by atoms with van der Waals surface area (Å²) in [5.41, 5.74) is 4.22. The second-order valence-electron chi connectivity index (χ2n) is 6.27. The third-order valence-electron chi connectivity index (χ3n) is 4.96. The van der Waals surface area contributed by atoms with Gasteiger partial charge in [0.05, 0.1) is 13.2 Å². The van der Waals surface area contributed by atoms with Crippen LogP contribution in [0, 0.1) is 17.3 Å². The molecule has 0 aromatic carbocycles. The number of rotatable bonds is 3. The van der Waals surface area contributed by atoms with Crippen molar-refractivity contribution < 1.29 is 24.2 Å². The van der Waals surface area contributed by atoms with Crippen molar-refractivity contribution in [1.29, 1.82) is 0 Å². The molecule has 3 rings (SSSR count). The number of carbonyl (C=O) groups is 3. The van der Waals surface area contributed by atoms with Crippen LogP contribution < -0.4 is 11.1 Å². The molecular formula is C13H19N3O5. The number of aliphatic carboxylic acids is 1. The second kappa shape index (κ2) is 4.87. The lowest BCUT2D eigenvalue weighted by Gasteiger charge is -2.35. The van der Waals surface area contributed by atoms with E-state index in [4.69, 9.17) is 10.5 Å². The monoisotopic (exact) mass is 297 g/mol. The van der Waals surface area contributed by atoms with Crippen LogP contribution in [0.4, 0.5) is 4.79 Å². The van der Waals surface area contributed by atoms with Crippen LogP contribution in [0.15, 0.2) is 0 Å². The molecule has 116 valence electrons. The molecule has 0 radical (unpaired) electrons. The highest BCUT2D eigenvalue weighted by Crippen LogP contribution is 2.41. The van der Waals surface area contributed by atoms with E-state index in [0.717, 1.165) is 0 Å². The molecule has 2 atom stereocenters. The number of ether oxygens (including phenoxy) is 1. The molecule has 21 heavy (non-hydrogen) atoms. The van der Waals surface area contributed by atoms with Gasteiger partial charge in [-0.25, -0.2) is 4.79 Å². The van der Waals surface area contributed by atoms with Crippen LogP contribution in [0.1, 0.15) is 12.8 Å². The zero-order chi connectivity index (χ0) is 15.2. The fraction of sp³-hybridized carbons (Fsp3) is 0.769. The normalized spacial score (nSPS) is 37.7. The van der Waals surface area contributed by atoms with E-state index in [1.165, 1.54) is 0 Å². The highest BCUT2D eigenvalue weighted by atomic mass is 16.5. The highest BCUT2D eigenvalue weighted by Gasteiger charge is 2.57. The van der Waals surface area contributed by atoms with E-state index < -0.39 is 11.4 Å². The van der Waals surface area contributed by atoms with Crippen molar-refractivity contribution in [2.75, 3.05) is 26.3 Å². The average molecular weight is 297 g/mol. The van der Waals surface area contributed by atoms with Crippen LogP contribution in [-0.2, 0) is 14.3 Å². The smallest absolute Gasteiger partial charge is 0.317 e. The van der Waals surface area contributed by atoms with Gasteiger partial charge in [0.2, 0.25) is 5.91 Å². The lowest BCUT2D eigenvalue weighted by atomic mass is 9.80. The number of hydrogen-bond acceptors (Lipinski definition) is 4. The molecule has 0 bridgehead atoms. The van der Waals surface area contributed by atoms with Gasteiger partial charge in [-0.3, -0.25) is 9.59 Å². The Labute approximate surface area is 121 Å². The Bertz CT molecular complexity index is 490. The Morgan fingerprint density at radius 1 is 1.33 bits per heavy atom. The molecule has 0 aromatic rings. The zero-order valence-corrected chi connectivity index (χ0v) is 11.6. The first kappa shape index (κ1) is 14.1. The van der Waals surface area contributed by atoms with Crippen LogP contribution in [0.25, 0.3) is 0 Å². The third kappa shape index (κ3) is 2.23. The summed E-state index contributed by atoms with van der Waals surface area (Å²) in [5, 5.41) is 12.3. The summed E-state index contributed by atoms with van der Waals surface area (Å²) >= 11 is 0. The van der Waals surface area contributed by atoms with Crippen LogP contribution in [0.3, 0.4) is 0 Å². The van der Waals surface area contributed by atoms with E-state index in [2.05, 4.69) is 5.32 Å². The van der Waals surface area contributed by atoms with Crippen molar-refractivity contribution in [3.05, 3.63) is 0 Å². The maximum atomic E-state index is 12.2. The van der Waals surface area contributed by atoms with Crippen LogP contribution in [-0.4, -0.2) is 60.3 Å². The SMILES string of the molecule is NC(=O)C1CC(NC(=O)N2C[C@@H]3COC[C@]3(C(=O)O)C2)C1. The molecule has 1 aliphatic carbocycles. The average Bonchev–Trinajstić information content (AvgIpc) is 2.89. The maximum absolute atomic E-state index is 12.2. The predicted octanol–water partition coefficient (Wildman–Crippen LogP) is -1.01. The summed E-state index contributed by atoms with van der Waals surface area (Å²) in [6, 6.07) is -0.314. The number of urea groups is 1. The number of likely N-dealkylation sites (tertiary alicyclic amines) is 1. The van der Waals surface area contributed by atoms with E-state index in [-0.39, 0.29) is 43.0 Å². The minimum Gasteiger partial charge on any atom is -0.481 e. The number of nitrogens with two attached hydrogens (primary N) is 1. The van der Waals surface area contributed by atoms with Crippen molar-refractivity contribution in [1.82, 2.24) is 10.2 Å². The first-order chi connectivity index (χ1) is 9.92. The third-order valence-corrected chi connectivity index (χ3v) is 4.96. The Morgan fingerprint density at radius 3 is 2.62 bits per heavy atom. The quantitative estimate of drug-likeness (QED) is 0.616. The minimum absolute atomic E-state index is 0.0486. The van der Waals surface area contributed by atoms with E-state index in [1.54, 1.807) is 4.90 Å². The molecule has 8 heteroatoms. The summed E-state index contributed by atoms with van der Waals surface area (Å²) in [5.74, 6) is -1.55. The second-order valence-corrected chi connectivity index (χ2v) is 6.27. The van der Waals surface area contributed by atoms with Gasteiger partial charge in [0.15, 0.2) is 0 Å². The van der Waals surface area contributed by atoms with Crippen molar-refractivity contribution in [2.45, 2.75) is 18.9 Å². The lowest BCUT2D eigenvalue weighted by Crippen LogP contribution is -2.52. The largest absolute Gasteiger partial charge is 0.481 e. The van der Waals surface area contributed by atoms with E-state index in [0.29, 0.717) is 26.0 Å². The molecule has 0 unspecified atom stereocenters. The Morgan fingerprint density at radius 2 is 2.05 bits per heavy atom. The predicted molar refractivity (Wildman–Crippen MR) is 70.2 cm³/mol. The first-order valence-electron chi connectivity index (χ1n) is 7.08. The van der Waals surface area contributed by atoms with Gasteiger partial charge in [0.25, 0.3) is 0 Å². The Balaban J connectivity index is 1.56.